The number of hydrogen-bond donors (Lipinski definition) is 2. The van der Waals surface area contributed by atoms with E-state index in [9.17, 15) is 9.90 Å². The minimum absolute atomic E-state index is 0.137. The van der Waals surface area contributed by atoms with Gasteiger partial charge < -0.3 is 10.4 Å². The number of rotatable bonds is 3. The Hall–Kier alpha value is -1.36. The molecule has 1 amide bonds. The smallest absolute Gasteiger partial charge is 0.271 e. The van der Waals surface area contributed by atoms with E-state index in [1.807, 2.05) is 0 Å². The third-order valence-corrected chi connectivity index (χ3v) is 3.01. The zero-order valence-electron chi connectivity index (χ0n) is 9.39. The highest BCUT2D eigenvalue weighted by molar-refractivity contribution is 5.92. The summed E-state index contributed by atoms with van der Waals surface area (Å²) in [4.78, 5) is 11.6. The molecule has 1 heterocycles. The number of carbonyl (C=O) groups is 1. The first-order valence-corrected chi connectivity index (χ1v) is 5.61. The molecule has 0 radical (unpaired) electrons. The van der Waals surface area contributed by atoms with E-state index in [-0.39, 0.29) is 12.0 Å². The fraction of sp³-hybridized carbons (Fsp3) is 0.636. The maximum Gasteiger partial charge on any atom is 0.271 e. The Bertz CT molecular complexity index is 375. The molecule has 1 aromatic heterocycles. The van der Waals surface area contributed by atoms with Crippen molar-refractivity contribution in [2.24, 2.45) is 13.0 Å². The van der Waals surface area contributed by atoms with E-state index in [4.69, 9.17) is 0 Å². The Morgan fingerprint density at radius 2 is 2.50 bits per heavy atom. The summed E-state index contributed by atoms with van der Waals surface area (Å²) in [5, 5.41) is 16.2. The van der Waals surface area contributed by atoms with Crippen molar-refractivity contribution < 1.29 is 9.90 Å². The van der Waals surface area contributed by atoms with Crippen LogP contribution in [0, 0.1) is 5.92 Å². The molecule has 0 aromatic carbocycles. The van der Waals surface area contributed by atoms with E-state index in [1.165, 1.54) is 0 Å². The molecule has 0 spiro atoms. The van der Waals surface area contributed by atoms with Gasteiger partial charge in [0.1, 0.15) is 5.69 Å². The quantitative estimate of drug-likeness (QED) is 0.775. The number of aryl methyl sites for hydroxylation is 1. The summed E-state index contributed by atoms with van der Waals surface area (Å²) in [5.74, 6) is 0.268. The first kappa shape index (κ1) is 11.1. The fourth-order valence-corrected chi connectivity index (χ4v) is 2.10. The summed E-state index contributed by atoms with van der Waals surface area (Å²) in [5.41, 5.74) is 0.445. The fourth-order valence-electron chi connectivity index (χ4n) is 2.10. The predicted molar refractivity (Wildman–Crippen MR) is 58.9 cm³/mol. The van der Waals surface area contributed by atoms with E-state index >= 15 is 0 Å². The molecule has 2 atom stereocenters. The van der Waals surface area contributed by atoms with Gasteiger partial charge in [0, 0.05) is 19.8 Å². The molecule has 0 aliphatic heterocycles. The third-order valence-electron chi connectivity index (χ3n) is 3.01. The van der Waals surface area contributed by atoms with E-state index in [0.717, 1.165) is 19.3 Å². The predicted octanol–water partition coefficient (Wildman–Crippen LogP) is 0.311. The van der Waals surface area contributed by atoms with Crippen molar-refractivity contribution in [2.75, 3.05) is 6.54 Å². The standard InChI is InChI=1S/C11H17N3O2/c1-14-5-4-10(13-14)11(16)12-7-8-2-3-9(15)6-8/h4-5,8-9,15H,2-3,6-7H2,1H3,(H,12,16). The number of aromatic nitrogens is 2. The van der Waals surface area contributed by atoms with Crippen LogP contribution in [0.2, 0.25) is 0 Å². The normalized spacial score (nSPS) is 24.6. The van der Waals surface area contributed by atoms with Crippen LogP contribution in [0.15, 0.2) is 12.3 Å². The third kappa shape index (κ3) is 2.61. The van der Waals surface area contributed by atoms with Crippen molar-refractivity contribution in [3.05, 3.63) is 18.0 Å². The van der Waals surface area contributed by atoms with Crippen molar-refractivity contribution in [1.82, 2.24) is 15.1 Å². The van der Waals surface area contributed by atoms with Crippen LogP contribution in [-0.2, 0) is 7.05 Å². The van der Waals surface area contributed by atoms with Crippen LogP contribution in [0.4, 0.5) is 0 Å². The van der Waals surface area contributed by atoms with E-state index in [1.54, 1.807) is 24.0 Å². The van der Waals surface area contributed by atoms with Crippen LogP contribution >= 0.6 is 0 Å². The van der Waals surface area contributed by atoms with Crippen molar-refractivity contribution in [3.8, 4) is 0 Å². The largest absolute Gasteiger partial charge is 0.393 e. The number of nitrogens with one attached hydrogen (secondary N) is 1. The van der Waals surface area contributed by atoms with Gasteiger partial charge in [0.2, 0.25) is 0 Å². The molecule has 1 aliphatic rings. The van der Waals surface area contributed by atoms with Gasteiger partial charge in [0.25, 0.3) is 5.91 Å². The van der Waals surface area contributed by atoms with Gasteiger partial charge in [-0.2, -0.15) is 5.10 Å². The molecule has 1 aliphatic carbocycles. The molecule has 2 rings (SSSR count). The van der Waals surface area contributed by atoms with E-state index in [2.05, 4.69) is 10.4 Å². The van der Waals surface area contributed by atoms with Crippen LogP contribution in [0.3, 0.4) is 0 Å². The molecule has 0 bridgehead atoms. The average molecular weight is 223 g/mol. The zero-order chi connectivity index (χ0) is 11.5. The molecule has 16 heavy (non-hydrogen) atoms. The minimum Gasteiger partial charge on any atom is -0.393 e. The van der Waals surface area contributed by atoms with E-state index in [0.29, 0.717) is 18.2 Å². The molecule has 2 N–H and O–H groups in total. The highest BCUT2D eigenvalue weighted by atomic mass is 16.3. The first-order chi connectivity index (χ1) is 7.65. The first-order valence-electron chi connectivity index (χ1n) is 5.61. The Kier molecular flexibility index (Phi) is 3.24. The van der Waals surface area contributed by atoms with Crippen molar-refractivity contribution >= 4 is 5.91 Å². The molecule has 2 unspecified atom stereocenters. The van der Waals surface area contributed by atoms with Gasteiger partial charge >= 0.3 is 0 Å². The Labute approximate surface area is 94.5 Å². The Balaban J connectivity index is 1.80. The molecule has 1 fully saturated rings. The van der Waals surface area contributed by atoms with Crippen LogP contribution in [-0.4, -0.2) is 33.4 Å². The van der Waals surface area contributed by atoms with Gasteiger partial charge in [-0.1, -0.05) is 0 Å². The summed E-state index contributed by atoms with van der Waals surface area (Å²) in [6, 6.07) is 1.69. The lowest BCUT2D eigenvalue weighted by atomic mass is 10.1. The van der Waals surface area contributed by atoms with Gasteiger partial charge in [-0.25, -0.2) is 0 Å². The van der Waals surface area contributed by atoms with Crippen molar-refractivity contribution in [3.63, 3.8) is 0 Å². The number of hydrogen-bond acceptors (Lipinski definition) is 3. The molecule has 0 saturated heterocycles. The van der Waals surface area contributed by atoms with Crippen LogP contribution < -0.4 is 5.32 Å². The maximum atomic E-state index is 11.6. The Morgan fingerprint density at radius 3 is 3.06 bits per heavy atom. The topological polar surface area (TPSA) is 67.2 Å². The second-order valence-corrected chi connectivity index (χ2v) is 4.42. The molecule has 5 heteroatoms. The minimum atomic E-state index is -0.184. The number of amides is 1. The van der Waals surface area contributed by atoms with Gasteiger partial charge in [-0.15, -0.1) is 0 Å². The van der Waals surface area contributed by atoms with Gasteiger partial charge in [-0.05, 0) is 31.2 Å². The lowest BCUT2D eigenvalue weighted by Crippen LogP contribution is -2.29. The molecule has 1 saturated carbocycles. The maximum absolute atomic E-state index is 11.6. The molecule has 1 aromatic rings. The number of carbonyl (C=O) groups excluding carboxylic acids is 1. The van der Waals surface area contributed by atoms with E-state index < -0.39 is 0 Å². The van der Waals surface area contributed by atoms with Gasteiger partial charge in [0.15, 0.2) is 0 Å². The molecular formula is C11H17N3O2. The van der Waals surface area contributed by atoms with Gasteiger partial charge in [0.05, 0.1) is 6.10 Å². The average Bonchev–Trinajstić information content (AvgIpc) is 2.84. The Morgan fingerprint density at radius 1 is 1.69 bits per heavy atom. The second-order valence-electron chi connectivity index (χ2n) is 4.42. The number of nitrogens with zero attached hydrogens (tertiary/aromatic N) is 2. The van der Waals surface area contributed by atoms with Crippen LogP contribution in [0.1, 0.15) is 29.8 Å². The summed E-state index contributed by atoms with van der Waals surface area (Å²) in [6.45, 7) is 0.631. The number of aliphatic hydroxyl groups excluding tert-OH is 1. The second kappa shape index (κ2) is 4.65. The monoisotopic (exact) mass is 223 g/mol. The lowest BCUT2D eigenvalue weighted by Gasteiger charge is -2.09. The highest BCUT2D eigenvalue weighted by Gasteiger charge is 2.23. The SMILES string of the molecule is Cn1ccc(C(=O)NCC2CCC(O)C2)n1. The summed E-state index contributed by atoms with van der Waals surface area (Å²) in [7, 11) is 1.78. The summed E-state index contributed by atoms with van der Waals surface area (Å²) >= 11 is 0. The summed E-state index contributed by atoms with van der Waals surface area (Å²) in [6.07, 6.45) is 4.20. The van der Waals surface area contributed by atoms with Gasteiger partial charge in [-0.3, -0.25) is 9.48 Å². The van der Waals surface area contributed by atoms with Crippen LogP contribution in [0.5, 0.6) is 0 Å². The molecular weight excluding hydrogens is 206 g/mol. The van der Waals surface area contributed by atoms with Crippen molar-refractivity contribution in [1.29, 1.82) is 0 Å². The van der Waals surface area contributed by atoms with Crippen LogP contribution in [0.25, 0.3) is 0 Å². The molecule has 5 nitrogen and oxygen atoms in total. The highest BCUT2D eigenvalue weighted by Crippen LogP contribution is 2.24. The lowest BCUT2D eigenvalue weighted by molar-refractivity contribution is 0.0939. The summed E-state index contributed by atoms with van der Waals surface area (Å²) < 4.78 is 1.61. The zero-order valence-corrected chi connectivity index (χ0v) is 9.39. The number of aliphatic hydroxyl groups is 1. The molecule has 88 valence electrons. The van der Waals surface area contributed by atoms with Crippen molar-refractivity contribution in [2.45, 2.75) is 25.4 Å².